The van der Waals surface area contributed by atoms with E-state index in [9.17, 15) is 4.79 Å². The molecule has 2 fully saturated rings. The Hall–Kier alpha value is -2.21. The van der Waals surface area contributed by atoms with Crippen LogP contribution < -0.4 is 0 Å². The molecular formula is C17H20N4O2. The second kappa shape index (κ2) is 5.77. The van der Waals surface area contributed by atoms with Crippen LogP contribution in [0.5, 0.6) is 0 Å². The quantitative estimate of drug-likeness (QED) is 0.850. The van der Waals surface area contributed by atoms with Crippen LogP contribution in [0.15, 0.2) is 43.1 Å². The largest absolute Gasteiger partial charge is 0.371 e. The van der Waals surface area contributed by atoms with Crippen molar-refractivity contribution in [3.05, 3.63) is 48.8 Å². The highest BCUT2D eigenvalue weighted by molar-refractivity contribution is 5.92. The summed E-state index contributed by atoms with van der Waals surface area (Å²) >= 11 is 0. The number of hydrogen-bond donors (Lipinski definition) is 0. The summed E-state index contributed by atoms with van der Waals surface area (Å²) < 4.78 is 8.28. The van der Waals surface area contributed by atoms with E-state index in [0.717, 1.165) is 25.8 Å². The fraction of sp³-hybridized carbons (Fsp3) is 0.471. The summed E-state index contributed by atoms with van der Waals surface area (Å²) in [5.74, 6) is -0.000596. The molecule has 4 rings (SSSR count). The lowest BCUT2D eigenvalue weighted by Crippen LogP contribution is -2.50. The fourth-order valence-electron chi connectivity index (χ4n) is 3.70. The average Bonchev–Trinajstić information content (AvgIpc) is 3.25. The molecule has 0 unspecified atom stereocenters. The van der Waals surface area contributed by atoms with Gasteiger partial charge in [-0.25, -0.2) is 4.98 Å². The number of piperidine rings is 1. The van der Waals surface area contributed by atoms with Gasteiger partial charge in [0.1, 0.15) is 5.69 Å². The highest BCUT2D eigenvalue weighted by Crippen LogP contribution is 2.39. The molecule has 0 radical (unpaired) electrons. The zero-order chi connectivity index (χ0) is 15.7. The van der Waals surface area contributed by atoms with Gasteiger partial charge in [-0.3, -0.25) is 9.78 Å². The first-order valence-corrected chi connectivity index (χ1v) is 8.07. The van der Waals surface area contributed by atoms with Crippen LogP contribution in [0.4, 0.5) is 0 Å². The summed E-state index contributed by atoms with van der Waals surface area (Å²) in [4.78, 5) is 22.8. The highest BCUT2D eigenvalue weighted by atomic mass is 16.5. The van der Waals surface area contributed by atoms with Gasteiger partial charge in [-0.1, -0.05) is 6.07 Å². The number of hydrogen-bond acceptors (Lipinski definition) is 4. The van der Waals surface area contributed by atoms with E-state index >= 15 is 0 Å². The zero-order valence-corrected chi connectivity index (χ0v) is 13.0. The van der Waals surface area contributed by atoms with Gasteiger partial charge in [0.05, 0.1) is 31.1 Å². The van der Waals surface area contributed by atoms with E-state index < -0.39 is 0 Å². The van der Waals surface area contributed by atoms with Crippen LogP contribution in [0.2, 0.25) is 0 Å². The van der Waals surface area contributed by atoms with Crippen molar-refractivity contribution >= 4 is 5.91 Å². The number of carbonyl (C=O) groups excluding carboxylic acids is 1. The Morgan fingerprint density at radius 1 is 1.35 bits per heavy atom. The van der Waals surface area contributed by atoms with E-state index in [1.165, 1.54) is 0 Å². The van der Waals surface area contributed by atoms with Gasteiger partial charge in [0.2, 0.25) is 0 Å². The molecule has 2 aliphatic heterocycles. The van der Waals surface area contributed by atoms with Crippen molar-refractivity contribution in [2.75, 3.05) is 19.7 Å². The molecule has 0 aliphatic carbocycles. The van der Waals surface area contributed by atoms with Crippen molar-refractivity contribution < 1.29 is 9.53 Å². The summed E-state index contributed by atoms with van der Waals surface area (Å²) in [6, 6.07) is 5.75. The van der Waals surface area contributed by atoms with Gasteiger partial charge in [-0.15, -0.1) is 0 Å². The number of imidazole rings is 1. The number of aromatic nitrogens is 3. The monoisotopic (exact) mass is 312 g/mol. The van der Waals surface area contributed by atoms with Gasteiger partial charge < -0.3 is 14.2 Å². The van der Waals surface area contributed by atoms with E-state index in [4.69, 9.17) is 4.74 Å². The van der Waals surface area contributed by atoms with E-state index in [1.807, 2.05) is 29.6 Å². The minimum Gasteiger partial charge on any atom is -0.371 e. The minimum atomic E-state index is -0.225. The predicted octanol–water partition coefficient (Wildman–Crippen LogP) is 1.91. The predicted molar refractivity (Wildman–Crippen MR) is 83.9 cm³/mol. The third-order valence-electron chi connectivity index (χ3n) is 4.85. The van der Waals surface area contributed by atoms with Crippen molar-refractivity contribution in [3.8, 4) is 0 Å². The Kier molecular flexibility index (Phi) is 3.61. The van der Waals surface area contributed by atoms with Gasteiger partial charge in [0, 0.05) is 31.6 Å². The molecule has 0 saturated carbocycles. The van der Waals surface area contributed by atoms with Gasteiger partial charge in [0.25, 0.3) is 5.91 Å². The van der Waals surface area contributed by atoms with Crippen LogP contribution in [0.25, 0.3) is 0 Å². The third-order valence-corrected chi connectivity index (χ3v) is 4.85. The number of pyridine rings is 1. The van der Waals surface area contributed by atoms with Gasteiger partial charge in [0.15, 0.2) is 0 Å². The molecule has 2 saturated heterocycles. The van der Waals surface area contributed by atoms with E-state index in [0.29, 0.717) is 24.9 Å². The van der Waals surface area contributed by atoms with E-state index in [2.05, 4.69) is 14.5 Å². The lowest BCUT2D eigenvalue weighted by molar-refractivity contribution is -0.0450. The van der Waals surface area contributed by atoms with Crippen LogP contribution in [-0.2, 0) is 4.74 Å². The zero-order valence-electron chi connectivity index (χ0n) is 13.0. The smallest absolute Gasteiger partial charge is 0.272 e. The summed E-state index contributed by atoms with van der Waals surface area (Å²) in [5, 5.41) is 0. The maximum Gasteiger partial charge on any atom is 0.272 e. The number of rotatable bonds is 2. The molecule has 4 heterocycles. The molecule has 0 bridgehead atoms. The molecule has 0 aromatic carbocycles. The molecule has 2 atom stereocenters. The SMILES string of the molecule is O=C(c1ccccn1)N1CCC[C@@]2(C[C@H](n3ccnc3)CO2)C1. The number of ether oxygens (including phenoxy) is 1. The molecule has 1 amide bonds. The maximum atomic E-state index is 12.6. The molecule has 2 aromatic rings. The fourth-order valence-corrected chi connectivity index (χ4v) is 3.70. The van der Waals surface area contributed by atoms with E-state index in [-0.39, 0.29) is 11.5 Å². The van der Waals surface area contributed by atoms with Crippen LogP contribution in [0, 0.1) is 0 Å². The first-order chi connectivity index (χ1) is 11.3. The molecule has 0 N–H and O–H groups in total. The van der Waals surface area contributed by atoms with Crippen molar-refractivity contribution in [1.82, 2.24) is 19.4 Å². The van der Waals surface area contributed by atoms with Crippen LogP contribution in [-0.4, -0.2) is 50.6 Å². The van der Waals surface area contributed by atoms with Crippen molar-refractivity contribution in [1.29, 1.82) is 0 Å². The van der Waals surface area contributed by atoms with Crippen molar-refractivity contribution in [2.45, 2.75) is 30.9 Å². The average molecular weight is 312 g/mol. The molecule has 2 aromatic heterocycles. The Morgan fingerprint density at radius 2 is 2.30 bits per heavy atom. The van der Waals surface area contributed by atoms with Crippen LogP contribution in [0.1, 0.15) is 35.8 Å². The molecule has 23 heavy (non-hydrogen) atoms. The molecule has 6 nitrogen and oxygen atoms in total. The summed E-state index contributed by atoms with van der Waals surface area (Å²) in [6.07, 6.45) is 10.2. The Balaban J connectivity index is 1.48. The van der Waals surface area contributed by atoms with Crippen LogP contribution in [0.3, 0.4) is 0 Å². The maximum absolute atomic E-state index is 12.6. The van der Waals surface area contributed by atoms with Crippen LogP contribution >= 0.6 is 0 Å². The third kappa shape index (κ3) is 2.74. The Bertz CT molecular complexity index is 673. The highest BCUT2D eigenvalue weighted by Gasteiger charge is 2.45. The normalized spacial score (nSPS) is 27.5. The number of carbonyl (C=O) groups is 1. The standard InChI is InChI=1S/C17H20N4O2/c22-16(15-4-1-2-6-19-15)20-8-3-5-17(12-20)10-14(11-23-17)21-9-7-18-13-21/h1-2,4,6-7,9,13-14H,3,5,8,10-12H2/t14-,17+/m0/s1. The number of likely N-dealkylation sites (tertiary alicyclic amines) is 1. The molecule has 120 valence electrons. The molecule has 6 heteroatoms. The molecule has 2 aliphatic rings. The van der Waals surface area contributed by atoms with Gasteiger partial charge >= 0.3 is 0 Å². The topological polar surface area (TPSA) is 60.2 Å². The Labute approximate surface area is 135 Å². The number of nitrogens with zero attached hydrogens (tertiary/aromatic N) is 4. The first-order valence-electron chi connectivity index (χ1n) is 8.07. The molecule has 1 spiro atoms. The van der Waals surface area contributed by atoms with Gasteiger partial charge in [-0.2, -0.15) is 0 Å². The summed E-state index contributed by atoms with van der Waals surface area (Å²) in [7, 11) is 0. The second-order valence-corrected chi connectivity index (χ2v) is 6.41. The molecular weight excluding hydrogens is 292 g/mol. The second-order valence-electron chi connectivity index (χ2n) is 6.41. The summed E-state index contributed by atoms with van der Waals surface area (Å²) in [5.41, 5.74) is 0.283. The van der Waals surface area contributed by atoms with Gasteiger partial charge in [-0.05, 0) is 25.0 Å². The van der Waals surface area contributed by atoms with Crippen molar-refractivity contribution in [3.63, 3.8) is 0 Å². The van der Waals surface area contributed by atoms with E-state index in [1.54, 1.807) is 18.5 Å². The van der Waals surface area contributed by atoms with Crippen molar-refractivity contribution in [2.24, 2.45) is 0 Å². The summed E-state index contributed by atoms with van der Waals surface area (Å²) in [6.45, 7) is 2.10. The lowest BCUT2D eigenvalue weighted by Gasteiger charge is -2.39. The minimum absolute atomic E-state index is 0.000596. The lowest BCUT2D eigenvalue weighted by atomic mass is 9.88. The number of amides is 1. The Morgan fingerprint density at radius 3 is 3.09 bits per heavy atom. The first kappa shape index (κ1) is 14.4.